The minimum Gasteiger partial charge on any atom is -0.307 e. The predicted molar refractivity (Wildman–Crippen MR) is 49.0 cm³/mol. The van der Waals surface area contributed by atoms with E-state index < -0.39 is 0 Å². The molecule has 0 aromatic carbocycles. The number of amidine groups is 1. The average Bonchev–Trinajstić information content (AvgIpc) is 2.47. The van der Waals surface area contributed by atoms with E-state index in [2.05, 4.69) is 20.0 Å². The van der Waals surface area contributed by atoms with Gasteiger partial charge < -0.3 is 5.43 Å². The molecule has 0 saturated carbocycles. The van der Waals surface area contributed by atoms with Gasteiger partial charge in [-0.1, -0.05) is 4.49 Å². The number of nitrogens with one attached hydrogen (secondary N) is 1. The van der Waals surface area contributed by atoms with Crippen molar-refractivity contribution in [3.05, 3.63) is 10.6 Å². The first-order valence-corrected chi connectivity index (χ1v) is 4.37. The Morgan fingerprint density at radius 2 is 2.50 bits per heavy atom. The Kier molecular flexibility index (Phi) is 3.12. The van der Waals surface area contributed by atoms with Crippen molar-refractivity contribution in [3.63, 3.8) is 0 Å². The Morgan fingerprint density at radius 3 is 2.92 bits per heavy atom. The first kappa shape index (κ1) is 9.08. The highest BCUT2D eigenvalue weighted by Crippen LogP contribution is 2.08. The molecule has 0 aliphatic rings. The minimum atomic E-state index is 0.657. The summed E-state index contributed by atoms with van der Waals surface area (Å²) in [5.41, 5.74) is 3.38. The summed E-state index contributed by atoms with van der Waals surface area (Å²) < 4.78 is 3.79. The molecule has 0 aliphatic heterocycles. The van der Waals surface area contributed by atoms with Crippen molar-refractivity contribution in [2.75, 3.05) is 6.54 Å². The predicted octanol–water partition coefficient (Wildman–Crippen LogP) is 0.0763. The Hall–Kier alpha value is -1.01. The highest BCUT2D eigenvalue weighted by molar-refractivity contribution is 7.08. The third kappa shape index (κ3) is 1.77. The fourth-order valence-corrected chi connectivity index (χ4v) is 1.42. The van der Waals surface area contributed by atoms with Crippen LogP contribution >= 0.6 is 11.5 Å². The summed E-state index contributed by atoms with van der Waals surface area (Å²) in [6, 6.07) is 0. The van der Waals surface area contributed by atoms with Crippen LogP contribution in [0, 0.1) is 6.92 Å². The fraction of sp³-hybridized carbons (Fsp3) is 0.500. The Labute approximate surface area is 74.8 Å². The molecule has 0 saturated heterocycles. The molecule has 0 spiro atoms. The summed E-state index contributed by atoms with van der Waals surface area (Å²) in [4.78, 5) is 5.06. The molecule has 0 unspecified atom stereocenters. The number of hydrogen-bond donors (Lipinski definition) is 2. The number of nitrogens with zero attached hydrogens (tertiary/aromatic N) is 3. The van der Waals surface area contributed by atoms with Crippen LogP contribution in [0.5, 0.6) is 0 Å². The van der Waals surface area contributed by atoms with Crippen LogP contribution < -0.4 is 11.3 Å². The molecular weight excluding hydrogens is 174 g/mol. The van der Waals surface area contributed by atoms with Gasteiger partial charge in [-0.3, -0.25) is 4.99 Å². The molecule has 1 aromatic rings. The smallest absolute Gasteiger partial charge is 0.156 e. The fourth-order valence-electron chi connectivity index (χ4n) is 0.790. The van der Waals surface area contributed by atoms with Gasteiger partial charge in [-0.25, -0.2) is 5.84 Å². The van der Waals surface area contributed by atoms with Gasteiger partial charge >= 0.3 is 0 Å². The number of aromatic nitrogens is 2. The van der Waals surface area contributed by atoms with Crippen molar-refractivity contribution in [1.82, 2.24) is 15.0 Å². The lowest BCUT2D eigenvalue weighted by molar-refractivity contribution is 0.989. The minimum absolute atomic E-state index is 0.657. The average molecular weight is 185 g/mol. The number of rotatable bonds is 2. The van der Waals surface area contributed by atoms with Crippen LogP contribution in [0.25, 0.3) is 0 Å². The second-order valence-electron chi connectivity index (χ2n) is 2.15. The van der Waals surface area contributed by atoms with Gasteiger partial charge in [0.2, 0.25) is 0 Å². The molecule has 1 rings (SSSR count). The molecule has 0 amide bonds. The molecule has 5 nitrogen and oxygen atoms in total. The van der Waals surface area contributed by atoms with E-state index in [0.29, 0.717) is 12.4 Å². The van der Waals surface area contributed by atoms with E-state index in [0.717, 1.165) is 10.6 Å². The van der Waals surface area contributed by atoms with Crippen molar-refractivity contribution < 1.29 is 0 Å². The van der Waals surface area contributed by atoms with E-state index >= 15 is 0 Å². The van der Waals surface area contributed by atoms with Crippen molar-refractivity contribution in [1.29, 1.82) is 0 Å². The summed E-state index contributed by atoms with van der Waals surface area (Å²) in [5.74, 6) is 5.95. The quantitative estimate of drug-likeness (QED) is 0.296. The Balaban J connectivity index is 2.95. The van der Waals surface area contributed by atoms with E-state index in [-0.39, 0.29) is 0 Å². The molecule has 12 heavy (non-hydrogen) atoms. The number of hydrogen-bond acceptors (Lipinski definition) is 5. The van der Waals surface area contributed by atoms with Crippen LogP contribution in [-0.4, -0.2) is 22.0 Å². The maximum atomic E-state index is 5.29. The maximum absolute atomic E-state index is 5.29. The summed E-state index contributed by atoms with van der Waals surface area (Å²) in [7, 11) is 0. The van der Waals surface area contributed by atoms with Crippen molar-refractivity contribution in [2.45, 2.75) is 13.8 Å². The molecule has 0 fully saturated rings. The molecule has 1 aromatic heterocycles. The number of hydrazine groups is 1. The van der Waals surface area contributed by atoms with Gasteiger partial charge in [-0.2, -0.15) is 0 Å². The monoisotopic (exact) mass is 185 g/mol. The van der Waals surface area contributed by atoms with E-state index in [1.54, 1.807) is 0 Å². The van der Waals surface area contributed by atoms with Crippen molar-refractivity contribution in [3.8, 4) is 0 Å². The van der Waals surface area contributed by atoms with Gasteiger partial charge in [0.25, 0.3) is 0 Å². The largest absolute Gasteiger partial charge is 0.307 e. The Morgan fingerprint density at radius 1 is 1.75 bits per heavy atom. The zero-order chi connectivity index (χ0) is 8.97. The van der Waals surface area contributed by atoms with E-state index in [1.165, 1.54) is 11.5 Å². The van der Waals surface area contributed by atoms with Gasteiger partial charge in [0.05, 0.1) is 5.69 Å². The van der Waals surface area contributed by atoms with Gasteiger partial charge in [0.1, 0.15) is 4.88 Å². The first-order valence-electron chi connectivity index (χ1n) is 3.60. The van der Waals surface area contributed by atoms with Gasteiger partial charge in [0, 0.05) is 6.54 Å². The summed E-state index contributed by atoms with van der Waals surface area (Å²) >= 11 is 1.29. The van der Waals surface area contributed by atoms with Crippen LogP contribution in [0.3, 0.4) is 0 Å². The van der Waals surface area contributed by atoms with E-state index in [1.807, 2.05) is 13.8 Å². The summed E-state index contributed by atoms with van der Waals surface area (Å²) in [6.45, 7) is 4.51. The highest BCUT2D eigenvalue weighted by Gasteiger charge is 2.08. The lowest BCUT2D eigenvalue weighted by Crippen LogP contribution is -2.31. The number of nitrogens with two attached hydrogens (primary N) is 1. The lowest BCUT2D eigenvalue weighted by atomic mass is 10.4. The van der Waals surface area contributed by atoms with E-state index in [9.17, 15) is 0 Å². The van der Waals surface area contributed by atoms with Crippen LogP contribution in [0.4, 0.5) is 0 Å². The molecular formula is C6H11N5S. The maximum Gasteiger partial charge on any atom is 0.156 e. The Bertz CT molecular complexity index is 279. The molecule has 0 bridgehead atoms. The molecule has 1 heterocycles. The van der Waals surface area contributed by atoms with Crippen LogP contribution in [0.2, 0.25) is 0 Å². The molecule has 0 atom stereocenters. The zero-order valence-electron chi connectivity index (χ0n) is 7.03. The molecule has 0 radical (unpaired) electrons. The first-order chi connectivity index (χ1) is 5.79. The molecule has 3 N–H and O–H groups in total. The van der Waals surface area contributed by atoms with Gasteiger partial charge in [-0.15, -0.1) is 5.10 Å². The second-order valence-corrected chi connectivity index (χ2v) is 2.91. The standard InChI is InChI=1S/C6H11N5S/c1-3-8-6(9-7)5-4(2)10-11-12-5/h3,7H2,1-2H3,(H,8,9). The van der Waals surface area contributed by atoms with Crippen molar-refractivity contribution in [2.24, 2.45) is 10.8 Å². The normalized spacial score (nSPS) is 11.8. The topological polar surface area (TPSA) is 76.2 Å². The van der Waals surface area contributed by atoms with Crippen molar-refractivity contribution >= 4 is 17.4 Å². The van der Waals surface area contributed by atoms with Gasteiger partial charge in [0.15, 0.2) is 5.84 Å². The number of aryl methyl sites for hydroxylation is 1. The number of aliphatic imine (C=N–C) groups is 1. The molecule has 0 aliphatic carbocycles. The third-order valence-electron chi connectivity index (χ3n) is 1.32. The second kappa shape index (κ2) is 4.13. The van der Waals surface area contributed by atoms with E-state index in [4.69, 9.17) is 5.84 Å². The van der Waals surface area contributed by atoms with Gasteiger partial charge in [-0.05, 0) is 25.4 Å². The lowest BCUT2D eigenvalue weighted by Gasteiger charge is -2.00. The molecule has 66 valence electrons. The zero-order valence-corrected chi connectivity index (χ0v) is 7.85. The van der Waals surface area contributed by atoms with Crippen LogP contribution in [0.1, 0.15) is 17.5 Å². The van der Waals surface area contributed by atoms with Crippen LogP contribution in [-0.2, 0) is 0 Å². The third-order valence-corrected chi connectivity index (χ3v) is 2.15. The highest BCUT2D eigenvalue weighted by atomic mass is 32.1. The van der Waals surface area contributed by atoms with Crippen LogP contribution in [0.15, 0.2) is 4.99 Å². The summed E-state index contributed by atoms with van der Waals surface area (Å²) in [6.07, 6.45) is 0. The molecule has 6 heteroatoms. The summed E-state index contributed by atoms with van der Waals surface area (Å²) in [5, 5.41) is 3.86. The SMILES string of the molecule is CCN=C(NN)c1snnc1C.